The van der Waals surface area contributed by atoms with E-state index in [9.17, 15) is 0 Å². The van der Waals surface area contributed by atoms with E-state index < -0.39 is 0 Å². The van der Waals surface area contributed by atoms with Crippen molar-refractivity contribution in [3.8, 4) is 0 Å². The van der Waals surface area contributed by atoms with Gasteiger partial charge in [-0.05, 0) is 32.8 Å². The van der Waals surface area contributed by atoms with Crippen LogP contribution in [0.25, 0.3) is 0 Å². The Balaban J connectivity index is 2.24. The number of hydrogen-bond acceptors (Lipinski definition) is 1. The maximum Gasteiger partial charge on any atom is 0.0873 e. The number of ether oxygens (including phenoxy) is 1. The maximum absolute atomic E-state index is 6.05. The molecule has 1 nitrogen and oxygen atoms in total. The molecule has 1 aliphatic heterocycles. The van der Waals surface area contributed by atoms with Gasteiger partial charge in [-0.2, -0.15) is 0 Å². The van der Waals surface area contributed by atoms with Gasteiger partial charge in [0.15, 0.2) is 0 Å². The van der Waals surface area contributed by atoms with Crippen LogP contribution >= 0.6 is 0 Å². The van der Waals surface area contributed by atoms with Crippen LogP contribution in [0.4, 0.5) is 0 Å². The Bertz CT molecular complexity index is 362. The minimum absolute atomic E-state index is 0.136. The standard InChI is InChI=1S/C14H18O/c1-11-9-13(15-14(2,3)10-11)12-7-5-4-6-8-12/h4-8,10,13H,9H2,1-3H3. The normalized spacial score (nSPS) is 24.7. The summed E-state index contributed by atoms with van der Waals surface area (Å²) in [6.07, 6.45) is 3.44. The fraction of sp³-hybridized carbons (Fsp3) is 0.429. The van der Waals surface area contributed by atoms with Crippen LogP contribution in [0.15, 0.2) is 42.0 Å². The van der Waals surface area contributed by atoms with Crippen molar-refractivity contribution in [3.05, 3.63) is 47.5 Å². The molecule has 0 aromatic heterocycles. The Hall–Kier alpha value is -1.08. The van der Waals surface area contributed by atoms with E-state index in [1.54, 1.807) is 0 Å². The van der Waals surface area contributed by atoms with Crippen molar-refractivity contribution >= 4 is 0 Å². The lowest BCUT2D eigenvalue weighted by Gasteiger charge is -2.34. The zero-order chi connectivity index (χ0) is 10.9. The Morgan fingerprint density at radius 1 is 1.20 bits per heavy atom. The highest BCUT2D eigenvalue weighted by Gasteiger charge is 2.27. The van der Waals surface area contributed by atoms with E-state index in [1.165, 1.54) is 11.1 Å². The van der Waals surface area contributed by atoms with Gasteiger partial charge < -0.3 is 4.74 Å². The van der Waals surface area contributed by atoms with E-state index in [2.05, 4.69) is 51.1 Å². The average molecular weight is 202 g/mol. The summed E-state index contributed by atoms with van der Waals surface area (Å²) in [5.41, 5.74) is 2.56. The number of benzene rings is 1. The predicted molar refractivity (Wildman–Crippen MR) is 62.7 cm³/mol. The summed E-state index contributed by atoms with van der Waals surface area (Å²) in [4.78, 5) is 0. The van der Waals surface area contributed by atoms with Crippen molar-refractivity contribution in [1.82, 2.24) is 0 Å². The van der Waals surface area contributed by atoms with Crippen LogP contribution < -0.4 is 0 Å². The molecule has 0 bridgehead atoms. The highest BCUT2D eigenvalue weighted by Crippen LogP contribution is 2.35. The van der Waals surface area contributed by atoms with Crippen LogP contribution in [0, 0.1) is 0 Å². The average Bonchev–Trinajstić information content (AvgIpc) is 2.16. The third kappa shape index (κ3) is 2.48. The lowest BCUT2D eigenvalue weighted by Crippen LogP contribution is -2.28. The van der Waals surface area contributed by atoms with E-state index in [1.807, 2.05) is 6.07 Å². The first-order valence-electron chi connectivity index (χ1n) is 5.48. The first kappa shape index (κ1) is 10.4. The smallest absolute Gasteiger partial charge is 0.0873 e. The molecule has 0 N–H and O–H groups in total. The highest BCUT2D eigenvalue weighted by molar-refractivity contribution is 5.23. The van der Waals surface area contributed by atoms with E-state index in [-0.39, 0.29) is 11.7 Å². The fourth-order valence-corrected chi connectivity index (χ4v) is 2.24. The lowest BCUT2D eigenvalue weighted by atomic mass is 9.93. The summed E-state index contributed by atoms with van der Waals surface area (Å²) < 4.78 is 6.05. The zero-order valence-electron chi connectivity index (χ0n) is 9.66. The van der Waals surface area contributed by atoms with Crippen molar-refractivity contribution in [2.24, 2.45) is 0 Å². The van der Waals surface area contributed by atoms with Gasteiger partial charge in [0.1, 0.15) is 0 Å². The second kappa shape index (κ2) is 3.82. The minimum atomic E-state index is -0.136. The van der Waals surface area contributed by atoms with Gasteiger partial charge in [-0.25, -0.2) is 0 Å². The minimum Gasteiger partial charge on any atom is -0.363 e. The van der Waals surface area contributed by atoms with E-state index in [4.69, 9.17) is 4.74 Å². The van der Waals surface area contributed by atoms with Gasteiger partial charge in [-0.3, -0.25) is 0 Å². The summed E-state index contributed by atoms with van der Waals surface area (Å²) in [6, 6.07) is 10.5. The van der Waals surface area contributed by atoms with E-state index in [0.717, 1.165) is 6.42 Å². The van der Waals surface area contributed by atoms with Gasteiger partial charge in [0.2, 0.25) is 0 Å². The van der Waals surface area contributed by atoms with Crippen molar-refractivity contribution < 1.29 is 4.74 Å². The summed E-state index contributed by atoms with van der Waals surface area (Å²) in [6.45, 7) is 6.41. The molecule has 1 aromatic rings. The molecule has 0 radical (unpaired) electrons. The van der Waals surface area contributed by atoms with Gasteiger partial charge >= 0.3 is 0 Å². The Morgan fingerprint density at radius 3 is 2.47 bits per heavy atom. The van der Waals surface area contributed by atoms with Crippen LogP contribution in [-0.2, 0) is 4.74 Å². The molecule has 0 saturated heterocycles. The number of hydrogen-bond donors (Lipinski definition) is 0. The Morgan fingerprint density at radius 2 is 1.87 bits per heavy atom. The quantitative estimate of drug-likeness (QED) is 0.628. The second-order valence-electron chi connectivity index (χ2n) is 4.82. The summed E-state index contributed by atoms with van der Waals surface area (Å²) in [5.74, 6) is 0. The van der Waals surface area contributed by atoms with Crippen LogP contribution in [0.2, 0.25) is 0 Å². The molecular formula is C14H18O. The van der Waals surface area contributed by atoms with Gasteiger partial charge in [0.25, 0.3) is 0 Å². The Kier molecular flexibility index (Phi) is 2.66. The lowest BCUT2D eigenvalue weighted by molar-refractivity contribution is -0.0529. The molecular weight excluding hydrogens is 184 g/mol. The molecule has 0 aliphatic carbocycles. The van der Waals surface area contributed by atoms with Crippen molar-refractivity contribution in [3.63, 3.8) is 0 Å². The highest BCUT2D eigenvalue weighted by atomic mass is 16.5. The third-order valence-corrected chi connectivity index (χ3v) is 2.72. The van der Waals surface area contributed by atoms with Gasteiger partial charge in [0, 0.05) is 0 Å². The molecule has 15 heavy (non-hydrogen) atoms. The summed E-state index contributed by atoms with van der Waals surface area (Å²) in [5, 5.41) is 0. The van der Waals surface area contributed by atoms with Gasteiger partial charge in [0.05, 0.1) is 11.7 Å². The van der Waals surface area contributed by atoms with Crippen LogP contribution in [0.1, 0.15) is 38.9 Å². The van der Waals surface area contributed by atoms with E-state index in [0.29, 0.717) is 0 Å². The van der Waals surface area contributed by atoms with Crippen LogP contribution in [0.5, 0.6) is 0 Å². The molecule has 2 rings (SSSR count). The molecule has 1 heteroatoms. The van der Waals surface area contributed by atoms with Gasteiger partial charge in [-0.1, -0.05) is 42.0 Å². The molecule has 0 saturated carbocycles. The number of rotatable bonds is 1. The van der Waals surface area contributed by atoms with Crippen LogP contribution in [0.3, 0.4) is 0 Å². The van der Waals surface area contributed by atoms with Gasteiger partial charge in [-0.15, -0.1) is 0 Å². The molecule has 0 amide bonds. The van der Waals surface area contributed by atoms with E-state index >= 15 is 0 Å². The Labute approximate surface area is 91.8 Å². The fourth-order valence-electron chi connectivity index (χ4n) is 2.24. The topological polar surface area (TPSA) is 9.23 Å². The largest absolute Gasteiger partial charge is 0.363 e. The van der Waals surface area contributed by atoms with Crippen LogP contribution in [-0.4, -0.2) is 5.60 Å². The summed E-state index contributed by atoms with van der Waals surface area (Å²) >= 11 is 0. The zero-order valence-corrected chi connectivity index (χ0v) is 9.66. The first-order valence-corrected chi connectivity index (χ1v) is 5.48. The summed E-state index contributed by atoms with van der Waals surface area (Å²) in [7, 11) is 0. The molecule has 1 aliphatic rings. The molecule has 0 fully saturated rings. The maximum atomic E-state index is 6.05. The van der Waals surface area contributed by atoms with Crippen molar-refractivity contribution in [1.29, 1.82) is 0 Å². The molecule has 80 valence electrons. The third-order valence-electron chi connectivity index (χ3n) is 2.72. The second-order valence-corrected chi connectivity index (χ2v) is 4.82. The SMILES string of the molecule is CC1=CC(C)(C)OC(c2ccccc2)C1. The molecule has 1 heterocycles. The molecule has 1 aromatic carbocycles. The van der Waals surface area contributed by atoms with Crippen molar-refractivity contribution in [2.45, 2.75) is 38.9 Å². The predicted octanol–water partition coefficient (Wildman–Crippen LogP) is 3.87. The first-order chi connectivity index (χ1) is 7.07. The molecule has 1 atom stereocenters. The molecule has 0 spiro atoms. The monoisotopic (exact) mass is 202 g/mol. The van der Waals surface area contributed by atoms with Crippen molar-refractivity contribution in [2.75, 3.05) is 0 Å². The molecule has 1 unspecified atom stereocenters.